The van der Waals surface area contributed by atoms with Crippen molar-refractivity contribution >= 4 is 59.8 Å². The Morgan fingerprint density at radius 2 is 2.06 bits per heavy atom. The molecule has 10 heteroatoms. The van der Waals surface area contributed by atoms with Crippen molar-refractivity contribution in [1.29, 1.82) is 0 Å². The Morgan fingerprint density at radius 1 is 1.26 bits per heavy atom. The highest BCUT2D eigenvalue weighted by molar-refractivity contribution is 7.91. The number of carbonyl (C=O) groups excluding carboxylic acids is 1. The number of benzene rings is 1. The number of carbonyl (C=O) groups is 1. The van der Waals surface area contributed by atoms with Crippen molar-refractivity contribution < 1.29 is 17.9 Å². The molecule has 1 saturated heterocycles. The first-order valence-electron chi connectivity index (χ1n) is 9.84. The van der Waals surface area contributed by atoms with Crippen LogP contribution in [0.25, 0.3) is 16.3 Å². The molecule has 0 N–H and O–H groups in total. The van der Waals surface area contributed by atoms with Crippen LogP contribution in [0.3, 0.4) is 0 Å². The Hall–Kier alpha value is -2.11. The second-order valence-corrected chi connectivity index (χ2v) is 11.1. The van der Waals surface area contributed by atoms with Gasteiger partial charge in [0.1, 0.15) is 5.52 Å². The molecule has 0 atom stereocenters. The number of thiophene rings is 1. The van der Waals surface area contributed by atoms with Crippen LogP contribution in [0.15, 0.2) is 46.7 Å². The molecular formula is C21H23N3O4S3. The van der Waals surface area contributed by atoms with Gasteiger partial charge in [0.25, 0.3) is 5.91 Å². The summed E-state index contributed by atoms with van der Waals surface area (Å²) in [6.07, 6.45) is 4.52. The van der Waals surface area contributed by atoms with Gasteiger partial charge in [-0.3, -0.25) is 14.6 Å². The topological polar surface area (TPSA) is 79.8 Å². The summed E-state index contributed by atoms with van der Waals surface area (Å²) in [7, 11) is -3.43. The monoisotopic (exact) mass is 477 g/mol. The van der Waals surface area contributed by atoms with Gasteiger partial charge in [0.2, 0.25) is 0 Å². The highest BCUT2D eigenvalue weighted by atomic mass is 32.2. The second-order valence-electron chi connectivity index (χ2n) is 7.16. The van der Waals surface area contributed by atoms with Crippen LogP contribution in [0.1, 0.15) is 4.88 Å². The zero-order chi connectivity index (χ0) is 21.8. The van der Waals surface area contributed by atoms with Gasteiger partial charge >= 0.3 is 0 Å². The first-order chi connectivity index (χ1) is 14.9. The smallest absolute Gasteiger partial charge is 0.252 e. The fourth-order valence-electron chi connectivity index (χ4n) is 3.32. The quantitative estimate of drug-likeness (QED) is 0.487. The van der Waals surface area contributed by atoms with E-state index in [4.69, 9.17) is 4.74 Å². The standard InChI is InChI=1S/C21H23N3O4S3/c1-31(26,27)18-6-2-5-17-20(18)22-21(30-17)24(10-9-23-11-13-28-14-12-23)19(25)8-7-16-4-3-15-29-16/h2-8,15H,9-14H2,1H3/b8-7+. The van der Waals surface area contributed by atoms with Gasteiger partial charge in [0.05, 0.1) is 22.8 Å². The summed E-state index contributed by atoms with van der Waals surface area (Å²) in [5.41, 5.74) is 0.413. The summed E-state index contributed by atoms with van der Waals surface area (Å²) in [6.45, 7) is 4.17. The van der Waals surface area contributed by atoms with E-state index in [2.05, 4.69) is 9.88 Å². The van der Waals surface area contributed by atoms with Crippen molar-refractivity contribution in [3.8, 4) is 0 Å². The molecule has 7 nitrogen and oxygen atoms in total. The third-order valence-electron chi connectivity index (χ3n) is 4.94. The fourth-order valence-corrected chi connectivity index (χ4v) is 5.86. The maximum atomic E-state index is 13.1. The lowest BCUT2D eigenvalue weighted by atomic mass is 10.3. The van der Waals surface area contributed by atoms with Gasteiger partial charge < -0.3 is 4.74 Å². The fraction of sp³-hybridized carbons (Fsp3) is 0.333. The maximum Gasteiger partial charge on any atom is 0.252 e. The van der Waals surface area contributed by atoms with E-state index in [0.717, 1.165) is 22.7 Å². The molecule has 1 amide bonds. The zero-order valence-electron chi connectivity index (χ0n) is 17.1. The molecule has 1 fully saturated rings. The Morgan fingerprint density at radius 3 is 2.77 bits per heavy atom. The average Bonchev–Trinajstić information content (AvgIpc) is 3.42. The molecular weight excluding hydrogens is 454 g/mol. The van der Waals surface area contributed by atoms with Crippen molar-refractivity contribution in [2.75, 3.05) is 50.5 Å². The number of anilines is 1. The second kappa shape index (κ2) is 9.58. The van der Waals surface area contributed by atoms with E-state index in [9.17, 15) is 13.2 Å². The van der Waals surface area contributed by atoms with E-state index in [0.29, 0.717) is 37.0 Å². The van der Waals surface area contributed by atoms with Crippen LogP contribution in [-0.4, -0.2) is 69.9 Å². The number of para-hydroxylation sites is 1. The summed E-state index contributed by atoms with van der Waals surface area (Å²) >= 11 is 2.89. The molecule has 0 bridgehead atoms. The average molecular weight is 478 g/mol. The molecule has 2 aromatic heterocycles. The number of rotatable bonds is 7. The zero-order valence-corrected chi connectivity index (χ0v) is 19.5. The molecule has 0 saturated carbocycles. The summed E-state index contributed by atoms with van der Waals surface area (Å²) in [6, 6.07) is 8.97. The SMILES string of the molecule is CS(=O)(=O)c1cccc2sc(N(CCN3CCOCC3)C(=O)/C=C/c3cccs3)nc12. The van der Waals surface area contributed by atoms with Gasteiger partial charge in [-0.15, -0.1) is 11.3 Å². The lowest BCUT2D eigenvalue weighted by Crippen LogP contribution is -2.42. The van der Waals surface area contributed by atoms with Crippen LogP contribution in [0.4, 0.5) is 5.13 Å². The number of amides is 1. The number of morpholine rings is 1. The Bertz CT molecular complexity index is 1180. The van der Waals surface area contributed by atoms with Gasteiger partial charge in [0.15, 0.2) is 15.0 Å². The first-order valence-corrected chi connectivity index (χ1v) is 13.4. The molecule has 0 unspecified atom stereocenters. The van der Waals surface area contributed by atoms with Crippen LogP contribution < -0.4 is 4.90 Å². The predicted octanol–water partition coefficient (Wildman–Crippen LogP) is 3.14. The Kier molecular flexibility index (Phi) is 6.83. The highest BCUT2D eigenvalue weighted by Crippen LogP contribution is 2.33. The normalized spacial score (nSPS) is 15.6. The van der Waals surface area contributed by atoms with Gasteiger partial charge in [0, 0.05) is 43.4 Å². The van der Waals surface area contributed by atoms with Crippen LogP contribution in [0.5, 0.6) is 0 Å². The number of nitrogens with zero attached hydrogens (tertiary/aromatic N) is 3. The molecule has 164 valence electrons. The van der Waals surface area contributed by atoms with Crippen LogP contribution in [0, 0.1) is 0 Å². The first kappa shape index (κ1) is 22.1. The van der Waals surface area contributed by atoms with E-state index in [1.54, 1.807) is 40.5 Å². The lowest BCUT2D eigenvalue weighted by Gasteiger charge is -2.28. The van der Waals surface area contributed by atoms with E-state index in [-0.39, 0.29) is 10.8 Å². The molecule has 0 spiro atoms. The third-order valence-corrected chi connectivity index (χ3v) is 7.95. The molecule has 1 aromatic carbocycles. The van der Waals surface area contributed by atoms with Gasteiger partial charge in [-0.25, -0.2) is 13.4 Å². The Balaban J connectivity index is 1.64. The third kappa shape index (κ3) is 5.39. The minimum Gasteiger partial charge on any atom is -0.379 e. The van der Waals surface area contributed by atoms with Gasteiger partial charge in [-0.1, -0.05) is 23.5 Å². The van der Waals surface area contributed by atoms with Crippen molar-refractivity contribution in [3.05, 3.63) is 46.7 Å². The molecule has 1 aliphatic heterocycles. The lowest BCUT2D eigenvalue weighted by molar-refractivity contribution is -0.114. The van der Waals surface area contributed by atoms with Gasteiger partial charge in [-0.2, -0.15) is 0 Å². The number of sulfone groups is 1. The minimum absolute atomic E-state index is 0.179. The number of hydrogen-bond acceptors (Lipinski definition) is 8. The number of ether oxygens (including phenoxy) is 1. The predicted molar refractivity (Wildman–Crippen MR) is 126 cm³/mol. The van der Waals surface area contributed by atoms with Gasteiger partial charge in [-0.05, 0) is 29.7 Å². The Labute approximate surface area is 189 Å². The highest BCUT2D eigenvalue weighted by Gasteiger charge is 2.22. The van der Waals surface area contributed by atoms with Crippen molar-refractivity contribution in [3.63, 3.8) is 0 Å². The van der Waals surface area contributed by atoms with Crippen LogP contribution >= 0.6 is 22.7 Å². The van der Waals surface area contributed by atoms with E-state index in [1.165, 1.54) is 17.6 Å². The number of thiazole rings is 1. The summed E-state index contributed by atoms with van der Waals surface area (Å²) in [5.74, 6) is -0.179. The largest absolute Gasteiger partial charge is 0.379 e. The molecule has 4 rings (SSSR count). The number of fused-ring (bicyclic) bond motifs is 1. The molecule has 3 heterocycles. The minimum atomic E-state index is -3.43. The van der Waals surface area contributed by atoms with Crippen LogP contribution in [0.2, 0.25) is 0 Å². The number of aromatic nitrogens is 1. The summed E-state index contributed by atoms with van der Waals surface area (Å²) < 4.78 is 30.5. The molecule has 1 aliphatic rings. The number of hydrogen-bond donors (Lipinski definition) is 0. The molecule has 0 radical (unpaired) electrons. The van der Waals surface area contributed by atoms with E-state index < -0.39 is 9.84 Å². The maximum absolute atomic E-state index is 13.1. The van der Waals surface area contributed by atoms with Crippen molar-refractivity contribution in [2.24, 2.45) is 0 Å². The summed E-state index contributed by atoms with van der Waals surface area (Å²) in [4.78, 5) is 22.8. The molecule has 0 aliphatic carbocycles. The molecule has 3 aromatic rings. The van der Waals surface area contributed by atoms with Crippen molar-refractivity contribution in [2.45, 2.75) is 4.90 Å². The van der Waals surface area contributed by atoms with E-state index in [1.807, 2.05) is 23.6 Å². The van der Waals surface area contributed by atoms with E-state index >= 15 is 0 Å². The summed E-state index contributed by atoms with van der Waals surface area (Å²) in [5, 5.41) is 2.46. The van der Waals surface area contributed by atoms with Crippen molar-refractivity contribution in [1.82, 2.24) is 9.88 Å². The molecule has 31 heavy (non-hydrogen) atoms. The van der Waals surface area contributed by atoms with Crippen LogP contribution in [-0.2, 0) is 19.4 Å².